The molecule has 0 aromatic heterocycles. The number of hydrogen-bond acceptors (Lipinski definition) is 3. The van der Waals surface area contributed by atoms with Gasteiger partial charge in [-0.1, -0.05) is 12.1 Å². The fraction of sp³-hybridized carbons (Fsp3) is 0.500. The first-order valence-corrected chi connectivity index (χ1v) is 5.40. The monoisotopic (exact) mass is 206 g/mol. The summed E-state index contributed by atoms with van der Waals surface area (Å²) in [6, 6.07) is 9.18. The van der Waals surface area contributed by atoms with Gasteiger partial charge in [0.1, 0.15) is 5.75 Å². The number of nitrogens with two attached hydrogens (primary N) is 1. The predicted molar refractivity (Wildman–Crippen MR) is 60.8 cm³/mol. The second-order valence-corrected chi connectivity index (χ2v) is 4.16. The van der Waals surface area contributed by atoms with Crippen LogP contribution in [0.15, 0.2) is 24.3 Å². The normalized spacial score (nSPS) is 24.7. The minimum atomic E-state index is 0.415. The number of hydrogen-bond donors (Lipinski definition) is 2. The van der Waals surface area contributed by atoms with Crippen LogP contribution in [0.3, 0.4) is 0 Å². The quantitative estimate of drug-likeness (QED) is 0.780. The van der Waals surface area contributed by atoms with E-state index in [1.807, 2.05) is 12.1 Å². The molecule has 0 radical (unpaired) electrons. The largest absolute Gasteiger partial charge is 0.497 e. The van der Waals surface area contributed by atoms with Crippen molar-refractivity contribution in [1.82, 2.24) is 5.32 Å². The SMILES string of the molecule is COc1ccc(CNC2CC(N)C2)cc1. The summed E-state index contributed by atoms with van der Waals surface area (Å²) in [5.74, 6) is 0.907. The molecular weight excluding hydrogens is 188 g/mol. The minimum Gasteiger partial charge on any atom is -0.497 e. The van der Waals surface area contributed by atoms with Crippen LogP contribution < -0.4 is 15.8 Å². The van der Waals surface area contributed by atoms with Gasteiger partial charge in [0, 0.05) is 18.6 Å². The van der Waals surface area contributed by atoms with Crippen molar-refractivity contribution in [1.29, 1.82) is 0 Å². The van der Waals surface area contributed by atoms with Crippen LogP contribution in [0.4, 0.5) is 0 Å². The molecule has 15 heavy (non-hydrogen) atoms. The van der Waals surface area contributed by atoms with Crippen LogP contribution in [0.5, 0.6) is 5.75 Å². The van der Waals surface area contributed by atoms with Crippen LogP contribution >= 0.6 is 0 Å². The van der Waals surface area contributed by atoms with Gasteiger partial charge < -0.3 is 15.8 Å². The number of ether oxygens (including phenoxy) is 1. The standard InChI is InChI=1S/C12H18N2O/c1-15-12-4-2-9(3-5-12)8-14-11-6-10(13)7-11/h2-5,10-11,14H,6-8,13H2,1H3. The Kier molecular flexibility index (Phi) is 3.23. The zero-order valence-corrected chi connectivity index (χ0v) is 9.07. The van der Waals surface area contributed by atoms with E-state index in [1.165, 1.54) is 5.56 Å². The van der Waals surface area contributed by atoms with Gasteiger partial charge in [0.25, 0.3) is 0 Å². The summed E-state index contributed by atoms with van der Waals surface area (Å²) in [5, 5.41) is 3.48. The molecular formula is C12H18N2O. The van der Waals surface area contributed by atoms with Crippen molar-refractivity contribution in [3.63, 3.8) is 0 Å². The molecule has 1 aliphatic rings. The molecule has 2 rings (SSSR count). The predicted octanol–water partition coefficient (Wildman–Crippen LogP) is 1.27. The number of nitrogens with one attached hydrogen (secondary N) is 1. The topological polar surface area (TPSA) is 47.3 Å². The molecule has 3 N–H and O–H groups in total. The van der Waals surface area contributed by atoms with Gasteiger partial charge in [-0.25, -0.2) is 0 Å². The van der Waals surface area contributed by atoms with E-state index in [2.05, 4.69) is 17.4 Å². The summed E-state index contributed by atoms with van der Waals surface area (Å²) in [4.78, 5) is 0. The highest BCUT2D eigenvalue weighted by Crippen LogP contribution is 2.18. The van der Waals surface area contributed by atoms with Crippen molar-refractivity contribution in [2.24, 2.45) is 5.73 Å². The van der Waals surface area contributed by atoms with Gasteiger partial charge in [-0.3, -0.25) is 0 Å². The second-order valence-electron chi connectivity index (χ2n) is 4.16. The summed E-state index contributed by atoms with van der Waals surface area (Å²) in [6.45, 7) is 0.918. The van der Waals surface area contributed by atoms with Gasteiger partial charge in [0.15, 0.2) is 0 Å². The Balaban J connectivity index is 1.78. The number of benzene rings is 1. The van der Waals surface area contributed by atoms with Crippen LogP contribution in [0.25, 0.3) is 0 Å². The maximum absolute atomic E-state index is 5.72. The van der Waals surface area contributed by atoms with E-state index in [9.17, 15) is 0 Å². The molecule has 1 aromatic rings. The Morgan fingerprint density at radius 1 is 1.33 bits per heavy atom. The Morgan fingerprint density at radius 2 is 2.00 bits per heavy atom. The third kappa shape index (κ3) is 2.70. The van der Waals surface area contributed by atoms with E-state index in [4.69, 9.17) is 10.5 Å². The summed E-state index contributed by atoms with van der Waals surface area (Å²) in [7, 11) is 1.68. The third-order valence-electron chi connectivity index (χ3n) is 2.93. The van der Waals surface area contributed by atoms with Crippen LogP contribution in [0, 0.1) is 0 Å². The van der Waals surface area contributed by atoms with Crippen molar-refractivity contribution in [3.8, 4) is 5.75 Å². The van der Waals surface area contributed by atoms with Crippen molar-refractivity contribution >= 4 is 0 Å². The Labute approximate surface area is 90.6 Å². The first-order valence-electron chi connectivity index (χ1n) is 5.40. The van der Waals surface area contributed by atoms with E-state index >= 15 is 0 Å². The maximum Gasteiger partial charge on any atom is 0.118 e. The molecule has 1 aromatic carbocycles. The molecule has 0 heterocycles. The molecule has 3 nitrogen and oxygen atoms in total. The lowest BCUT2D eigenvalue weighted by atomic mass is 9.87. The van der Waals surface area contributed by atoms with E-state index in [1.54, 1.807) is 7.11 Å². The second kappa shape index (κ2) is 4.64. The molecule has 1 fully saturated rings. The first-order chi connectivity index (χ1) is 7.28. The Morgan fingerprint density at radius 3 is 2.53 bits per heavy atom. The Hall–Kier alpha value is -1.06. The summed E-state index contributed by atoms with van der Waals surface area (Å²) in [6.07, 6.45) is 2.21. The third-order valence-corrected chi connectivity index (χ3v) is 2.93. The molecule has 1 saturated carbocycles. The summed E-state index contributed by atoms with van der Waals surface area (Å²) in [5.41, 5.74) is 7.01. The van der Waals surface area contributed by atoms with Crippen LogP contribution in [0.1, 0.15) is 18.4 Å². The minimum absolute atomic E-state index is 0.415. The molecule has 1 aliphatic carbocycles. The lowest BCUT2D eigenvalue weighted by molar-refractivity contribution is 0.291. The zero-order chi connectivity index (χ0) is 10.7. The molecule has 0 aliphatic heterocycles. The van der Waals surface area contributed by atoms with Gasteiger partial charge >= 0.3 is 0 Å². The number of methoxy groups -OCH3 is 1. The molecule has 0 amide bonds. The summed E-state index contributed by atoms with van der Waals surface area (Å²) >= 11 is 0. The van der Waals surface area contributed by atoms with Gasteiger partial charge in [-0.15, -0.1) is 0 Å². The molecule has 0 spiro atoms. The highest BCUT2D eigenvalue weighted by atomic mass is 16.5. The van der Waals surface area contributed by atoms with Crippen LogP contribution in [-0.4, -0.2) is 19.2 Å². The highest BCUT2D eigenvalue weighted by Gasteiger charge is 2.24. The van der Waals surface area contributed by atoms with Crippen LogP contribution in [0.2, 0.25) is 0 Å². The molecule has 82 valence electrons. The van der Waals surface area contributed by atoms with Crippen LogP contribution in [-0.2, 0) is 6.54 Å². The molecule has 0 saturated heterocycles. The van der Waals surface area contributed by atoms with E-state index in [-0.39, 0.29) is 0 Å². The van der Waals surface area contributed by atoms with Gasteiger partial charge in [0.2, 0.25) is 0 Å². The average Bonchev–Trinajstić information content (AvgIpc) is 2.23. The smallest absolute Gasteiger partial charge is 0.118 e. The van der Waals surface area contributed by atoms with E-state index in [0.29, 0.717) is 12.1 Å². The lowest BCUT2D eigenvalue weighted by Crippen LogP contribution is -2.48. The zero-order valence-electron chi connectivity index (χ0n) is 9.07. The molecule has 0 bridgehead atoms. The molecule has 3 heteroatoms. The maximum atomic E-state index is 5.72. The van der Waals surface area contributed by atoms with E-state index in [0.717, 1.165) is 25.1 Å². The van der Waals surface area contributed by atoms with Gasteiger partial charge in [-0.2, -0.15) is 0 Å². The van der Waals surface area contributed by atoms with Crippen molar-refractivity contribution in [3.05, 3.63) is 29.8 Å². The van der Waals surface area contributed by atoms with Gasteiger partial charge in [-0.05, 0) is 30.5 Å². The van der Waals surface area contributed by atoms with Gasteiger partial charge in [0.05, 0.1) is 7.11 Å². The average molecular weight is 206 g/mol. The first kappa shape index (κ1) is 10.5. The lowest BCUT2D eigenvalue weighted by Gasteiger charge is -2.33. The fourth-order valence-electron chi connectivity index (χ4n) is 1.83. The number of rotatable bonds is 4. The van der Waals surface area contributed by atoms with Crippen molar-refractivity contribution < 1.29 is 4.74 Å². The van der Waals surface area contributed by atoms with Crippen molar-refractivity contribution in [2.45, 2.75) is 31.5 Å². The van der Waals surface area contributed by atoms with Crippen molar-refractivity contribution in [2.75, 3.05) is 7.11 Å². The van der Waals surface area contributed by atoms with E-state index < -0.39 is 0 Å². The Bertz CT molecular complexity index is 304. The summed E-state index contributed by atoms with van der Waals surface area (Å²) < 4.78 is 5.10. The molecule has 0 atom stereocenters. The highest BCUT2D eigenvalue weighted by molar-refractivity contribution is 5.27. The fourth-order valence-corrected chi connectivity index (χ4v) is 1.83. The molecule has 0 unspecified atom stereocenters.